The first-order chi connectivity index (χ1) is 5.65. The molecule has 1 N–H and O–H groups in total. The molecule has 0 bridgehead atoms. The highest BCUT2D eigenvalue weighted by Gasteiger charge is 2.06. The zero-order valence-corrected chi connectivity index (χ0v) is 9.98. The van der Waals surface area contributed by atoms with Crippen LogP contribution in [0.5, 0.6) is 0 Å². The van der Waals surface area contributed by atoms with Gasteiger partial charge in [0, 0.05) is 14.6 Å². The van der Waals surface area contributed by atoms with Gasteiger partial charge in [-0.2, -0.15) is 0 Å². The van der Waals surface area contributed by atoms with E-state index in [9.17, 15) is 0 Å². The van der Waals surface area contributed by atoms with Crippen LogP contribution in [0, 0.1) is 3.57 Å². The first-order valence-corrected chi connectivity index (χ1v) is 5.23. The van der Waals surface area contributed by atoms with Crippen LogP contribution in [0.3, 0.4) is 0 Å². The first kappa shape index (κ1) is 10.3. The van der Waals surface area contributed by atoms with Crippen LogP contribution in [0.1, 0.15) is 18.5 Å². The van der Waals surface area contributed by atoms with Crippen LogP contribution >= 0.6 is 34.2 Å². The number of hydrogen-bond acceptors (Lipinski definition) is 1. The van der Waals surface area contributed by atoms with E-state index < -0.39 is 0 Å². The summed E-state index contributed by atoms with van der Waals surface area (Å²) < 4.78 is 1.25. The van der Waals surface area contributed by atoms with Gasteiger partial charge in [0.1, 0.15) is 0 Å². The lowest BCUT2D eigenvalue weighted by Gasteiger charge is -2.12. The smallest absolute Gasteiger partial charge is 0.0410 e. The van der Waals surface area contributed by atoms with Crippen LogP contribution in [0.15, 0.2) is 18.2 Å². The maximum Gasteiger partial charge on any atom is 0.0410 e. The van der Waals surface area contributed by atoms with Gasteiger partial charge in [0.25, 0.3) is 0 Å². The Morgan fingerprint density at radius 3 is 2.75 bits per heavy atom. The summed E-state index contributed by atoms with van der Waals surface area (Å²) >= 11 is 8.20. The molecule has 1 aromatic carbocycles. The summed E-state index contributed by atoms with van der Waals surface area (Å²) in [6.45, 7) is 2.12. The predicted molar refractivity (Wildman–Crippen MR) is 61.6 cm³/mol. The minimum atomic E-state index is 0.357. The van der Waals surface area contributed by atoms with E-state index in [1.54, 1.807) is 0 Å². The monoisotopic (exact) mass is 295 g/mol. The molecule has 0 aliphatic rings. The van der Waals surface area contributed by atoms with Crippen LogP contribution < -0.4 is 5.32 Å². The zero-order chi connectivity index (χ0) is 9.14. The lowest BCUT2D eigenvalue weighted by atomic mass is 10.1. The number of nitrogens with one attached hydrogen (secondary N) is 1. The van der Waals surface area contributed by atoms with Crippen LogP contribution in [0.4, 0.5) is 0 Å². The van der Waals surface area contributed by atoms with Crippen molar-refractivity contribution in [2.24, 2.45) is 0 Å². The Hall–Kier alpha value is 0.200. The van der Waals surface area contributed by atoms with Crippen LogP contribution in [0.2, 0.25) is 5.02 Å². The van der Waals surface area contributed by atoms with E-state index in [1.165, 1.54) is 9.13 Å². The van der Waals surface area contributed by atoms with Gasteiger partial charge in [-0.15, -0.1) is 0 Å². The molecule has 0 aliphatic carbocycles. The molecular weight excluding hydrogens is 284 g/mol. The fourth-order valence-electron chi connectivity index (χ4n) is 1.00. The number of halogens is 2. The SMILES string of the molecule is CNC(C)c1cc(Cl)ccc1I. The Kier molecular flexibility index (Phi) is 3.80. The van der Waals surface area contributed by atoms with Gasteiger partial charge in [-0.25, -0.2) is 0 Å². The van der Waals surface area contributed by atoms with Gasteiger partial charge in [-0.1, -0.05) is 11.6 Å². The molecule has 0 heterocycles. The molecule has 0 aromatic heterocycles. The van der Waals surface area contributed by atoms with Gasteiger partial charge in [0.15, 0.2) is 0 Å². The minimum Gasteiger partial charge on any atom is -0.313 e. The van der Waals surface area contributed by atoms with E-state index in [2.05, 4.69) is 34.8 Å². The van der Waals surface area contributed by atoms with Crippen molar-refractivity contribution in [3.05, 3.63) is 32.4 Å². The fraction of sp³-hybridized carbons (Fsp3) is 0.333. The highest BCUT2D eigenvalue weighted by molar-refractivity contribution is 14.1. The molecule has 0 saturated heterocycles. The van der Waals surface area contributed by atoms with Crippen molar-refractivity contribution in [2.75, 3.05) is 7.05 Å². The average molecular weight is 296 g/mol. The zero-order valence-electron chi connectivity index (χ0n) is 7.07. The van der Waals surface area contributed by atoms with Gasteiger partial charge in [0.05, 0.1) is 0 Å². The molecule has 66 valence electrons. The van der Waals surface area contributed by atoms with E-state index in [1.807, 2.05) is 25.2 Å². The van der Waals surface area contributed by atoms with Gasteiger partial charge in [-0.05, 0) is 60.3 Å². The maximum absolute atomic E-state index is 5.89. The predicted octanol–water partition coefficient (Wildman–Crippen LogP) is 3.23. The van der Waals surface area contributed by atoms with Gasteiger partial charge in [0.2, 0.25) is 0 Å². The number of hydrogen-bond donors (Lipinski definition) is 1. The topological polar surface area (TPSA) is 12.0 Å². The molecule has 1 nitrogen and oxygen atoms in total. The molecule has 3 heteroatoms. The molecule has 0 aliphatic heterocycles. The van der Waals surface area contributed by atoms with E-state index in [0.717, 1.165) is 5.02 Å². The first-order valence-electron chi connectivity index (χ1n) is 3.77. The van der Waals surface area contributed by atoms with Gasteiger partial charge >= 0.3 is 0 Å². The molecule has 0 amide bonds. The second kappa shape index (κ2) is 4.44. The third kappa shape index (κ3) is 2.34. The summed E-state index contributed by atoms with van der Waals surface area (Å²) in [6, 6.07) is 6.31. The normalized spacial score (nSPS) is 13.0. The van der Waals surface area contributed by atoms with Gasteiger partial charge in [-0.3, -0.25) is 0 Å². The van der Waals surface area contributed by atoms with E-state index >= 15 is 0 Å². The minimum absolute atomic E-state index is 0.357. The molecule has 1 unspecified atom stereocenters. The van der Waals surface area contributed by atoms with Crippen molar-refractivity contribution in [1.82, 2.24) is 5.32 Å². The quantitative estimate of drug-likeness (QED) is 0.826. The van der Waals surface area contributed by atoms with Gasteiger partial charge < -0.3 is 5.32 Å². The van der Waals surface area contributed by atoms with E-state index in [0.29, 0.717) is 6.04 Å². The standard InChI is InChI=1S/C9H11ClIN/c1-6(12-2)8-5-7(10)3-4-9(8)11/h3-6,12H,1-2H3. The van der Waals surface area contributed by atoms with Crippen LogP contribution in [0.25, 0.3) is 0 Å². The lowest BCUT2D eigenvalue weighted by Crippen LogP contribution is -2.13. The highest BCUT2D eigenvalue weighted by Crippen LogP contribution is 2.23. The molecule has 0 spiro atoms. The second-order valence-electron chi connectivity index (χ2n) is 2.68. The van der Waals surface area contributed by atoms with Crippen molar-refractivity contribution >= 4 is 34.2 Å². The van der Waals surface area contributed by atoms with Crippen molar-refractivity contribution < 1.29 is 0 Å². The average Bonchev–Trinajstić information content (AvgIpc) is 2.08. The molecule has 1 aromatic rings. The lowest BCUT2D eigenvalue weighted by molar-refractivity contribution is 0.649. The Morgan fingerprint density at radius 1 is 1.50 bits per heavy atom. The summed E-state index contributed by atoms with van der Waals surface area (Å²) in [5, 5.41) is 3.98. The third-order valence-corrected chi connectivity index (χ3v) is 3.08. The Morgan fingerprint density at radius 2 is 2.17 bits per heavy atom. The Labute approximate surface area is 91.6 Å². The summed E-state index contributed by atoms with van der Waals surface area (Å²) in [6.07, 6.45) is 0. The van der Waals surface area contributed by atoms with Crippen molar-refractivity contribution in [1.29, 1.82) is 0 Å². The molecular formula is C9H11ClIN. The summed E-state index contributed by atoms with van der Waals surface area (Å²) in [4.78, 5) is 0. The second-order valence-corrected chi connectivity index (χ2v) is 4.27. The number of benzene rings is 1. The summed E-state index contributed by atoms with van der Waals surface area (Å²) in [7, 11) is 1.95. The Balaban J connectivity index is 3.04. The molecule has 0 radical (unpaired) electrons. The molecule has 1 atom stereocenters. The third-order valence-electron chi connectivity index (χ3n) is 1.86. The summed E-state index contributed by atoms with van der Waals surface area (Å²) in [5.41, 5.74) is 1.26. The molecule has 12 heavy (non-hydrogen) atoms. The molecule has 0 fully saturated rings. The van der Waals surface area contributed by atoms with E-state index in [4.69, 9.17) is 11.6 Å². The van der Waals surface area contributed by atoms with Crippen LogP contribution in [-0.2, 0) is 0 Å². The Bertz CT molecular complexity index is 275. The largest absolute Gasteiger partial charge is 0.313 e. The van der Waals surface area contributed by atoms with Crippen LogP contribution in [-0.4, -0.2) is 7.05 Å². The molecule has 0 saturated carbocycles. The maximum atomic E-state index is 5.89. The number of rotatable bonds is 2. The van der Waals surface area contributed by atoms with Crippen molar-refractivity contribution in [3.8, 4) is 0 Å². The van der Waals surface area contributed by atoms with Crippen molar-refractivity contribution in [2.45, 2.75) is 13.0 Å². The van der Waals surface area contributed by atoms with E-state index in [-0.39, 0.29) is 0 Å². The summed E-state index contributed by atoms with van der Waals surface area (Å²) in [5.74, 6) is 0. The molecule has 1 rings (SSSR count). The van der Waals surface area contributed by atoms with Crippen molar-refractivity contribution in [3.63, 3.8) is 0 Å². The highest BCUT2D eigenvalue weighted by atomic mass is 127. The fourth-order valence-corrected chi connectivity index (χ4v) is 1.99.